The van der Waals surface area contributed by atoms with Crippen molar-refractivity contribution in [1.29, 1.82) is 0 Å². The zero-order chi connectivity index (χ0) is 42.9. The lowest BCUT2D eigenvalue weighted by Crippen LogP contribution is -2.28. The minimum Gasteiger partial charge on any atom is -0.310 e. The number of fused-ring (bicyclic) bond motifs is 3. The highest BCUT2D eigenvalue weighted by Gasteiger charge is 2.46. The molecule has 0 aromatic heterocycles. The summed E-state index contributed by atoms with van der Waals surface area (Å²) in [5, 5.41) is 7.45. The van der Waals surface area contributed by atoms with Gasteiger partial charge in [0.25, 0.3) is 0 Å². The van der Waals surface area contributed by atoms with Crippen LogP contribution >= 0.6 is 0 Å². The van der Waals surface area contributed by atoms with Crippen molar-refractivity contribution in [3.63, 3.8) is 0 Å². The molecular weight excluding hydrogens is 773 g/mol. The molecule has 0 unspecified atom stereocenters. The summed E-state index contributed by atoms with van der Waals surface area (Å²) in [5.41, 5.74) is 17.7. The van der Waals surface area contributed by atoms with Gasteiger partial charge in [0.15, 0.2) is 0 Å². The first-order chi connectivity index (χ1) is 31.5. The van der Waals surface area contributed by atoms with Crippen LogP contribution in [0.5, 0.6) is 0 Å². The Morgan fingerprint density at radius 1 is 0.312 bits per heavy atom. The van der Waals surface area contributed by atoms with E-state index in [1.807, 2.05) is 0 Å². The Kier molecular flexibility index (Phi) is 8.77. The van der Waals surface area contributed by atoms with E-state index >= 15 is 0 Å². The van der Waals surface area contributed by atoms with Crippen molar-refractivity contribution in [2.75, 3.05) is 9.80 Å². The van der Waals surface area contributed by atoms with Crippen LogP contribution in [0.25, 0.3) is 43.4 Å². The lowest BCUT2D eigenvalue weighted by Gasteiger charge is -2.35. The fourth-order valence-corrected chi connectivity index (χ4v) is 10.9. The molecule has 1 aliphatic rings. The van der Waals surface area contributed by atoms with Gasteiger partial charge in [-0.2, -0.15) is 0 Å². The fraction of sp³-hybridized carbons (Fsp3) is 0.0645. The molecule has 304 valence electrons. The summed E-state index contributed by atoms with van der Waals surface area (Å²) >= 11 is 0. The van der Waals surface area contributed by atoms with E-state index in [1.165, 1.54) is 82.4 Å². The molecule has 2 nitrogen and oxygen atoms in total. The van der Waals surface area contributed by atoms with E-state index in [1.54, 1.807) is 0 Å². The molecule has 0 saturated carbocycles. The molecule has 64 heavy (non-hydrogen) atoms. The second-order valence-electron chi connectivity index (χ2n) is 17.5. The standard InChI is InChI=1S/C62H46N2/c1-41-15-11-21-48(37-41)63(49-22-12-16-42(2)38-49)58-35-31-44-30-34-55-59(36-32-45-29-33-54(58)60(44)61(45)55)64(50-23-13-17-43(3)39-50)51-24-14-20-47(40-51)62(46-18-5-4-6-19-46)56-27-9-7-25-52(56)53-26-8-10-28-57(53)62/h4-40H,1-3H3. The predicted octanol–water partition coefficient (Wildman–Crippen LogP) is 16.8. The molecule has 0 saturated heterocycles. The monoisotopic (exact) mass is 818 g/mol. The number of anilines is 6. The Morgan fingerprint density at radius 3 is 1.17 bits per heavy atom. The van der Waals surface area contributed by atoms with Gasteiger partial charge in [0.05, 0.1) is 16.8 Å². The van der Waals surface area contributed by atoms with Gasteiger partial charge in [-0.15, -0.1) is 0 Å². The second kappa shape index (κ2) is 14.9. The third kappa shape index (κ3) is 5.80. The van der Waals surface area contributed by atoms with Gasteiger partial charge >= 0.3 is 0 Å². The highest BCUT2D eigenvalue weighted by molar-refractivity contribution is 6.28. The number of aryl methyl sites for hydroxylation is 3. The van der Waals surface area contributed by atoms with Crippen LogP contribution in [-0.2, 0) is 5.41 Å². The van der Waals surface area contributed by atoms with Gasteiger partial charge in [0.1, 0.15) is 0 Å². The molecule has 1 aliphatic carbocycles. The van der Waals surface area contributed by atoms with E-state index in [9.17, 15) is 0 Å². The largest absolute Gasteiger partial charge is 0.310 e. The molecular formula is C62H46N2. The maximum atomic E-state index is 2.49. The average Bonchev–Trinajstić information content (AvgIpc) is 3.63. The van der Waals surface area contributed by atoms with Gasteiger partial charge < -0.3 is 9.80 Å². The Balaban J connectivity index is 1.11. The lowest BCUT2D eigenvalue weighted by atomic mass is 9.67. The summed E-state index contributed by atoms with van der Waals surface area (Å²) < 4.78 is 0. The first kappa shape index (κ1) is 37.8. The van der Waals surface area contributed by atoms with Crippen LogP contribution in [0.15, 0.2) is 224 Å². The van der Waals surface area contributed by atoms with Crippen LogP contribution in [0.3, 0.4) is 0 Å². The van der Waals surface area contributed by atoms with Gasteiger partial charge in [0.2, 0.25) is 0 Å². The molecule has 11 aromatic rings. The van der Waals surface area contributed by atoms with Crippen LogP contribution < -0.4 is 9.80 Å². The third-order valence-electron chi connectivity index (χ3n) is 13.6. The molecule has 12 rings (SSSR count). The van der Waals surface area contributed by atoms with E-state index in [0.29, 0.717) is 0 Å². The summed E-state index contributed by atoms with van der Waals surface area (Å²) in [7, 11) is 0. The normalized spacial score (nSPS) is 12.7. The number of nitrogens with zero attached hydrogens (tertiary/aromatic N) is 2. The predicted molar refractivity (Wildman–Crippen MR) is 271 cm³/mol. The van der Waals surface area contributed by atoms with Crippen LogP contribution in [0.2, 0.25) is 0 Å². The first-order valence-corrected chi connectivity index (χ1v) is 22.3. The smallest absolute Gasteiger partial charge is 0.0714 e. The minimum atomic E-state index is -0.512. The van der Waals surface area contributed by atoms with Crippen LogP contribution in [0, 0.1) is 20.8 Å². The lowest BCUT2D eigenvalue weighted by molar-refractivity contribution is 0.768. The summed E-state index contributed by atoms with van der Waals surface area (Å²) in [4.78, 5) is 4.92. The van der Waals surface area contributed by atoms with Crippen molar-refractivity contribution in [2.24, 2.45) is 0 Å². The maximum Gasteiger partial charge on any atom is 0.0714 e. The molecule has 11 aromatic carbocycles. The quantitative estimate of drug-likeness (QED) is 0.141. The van der Waals surface area contributed by atoms with E-state index < -0.39 is 5.41 Å². The van der Waals surface area contributed by atoms with Gasteiger partial charge in [-0.1, -0.05) is 164 Å². The SMILES string of the molecule is Cc1cccc(N(c2cccc(C)c2)c2ccc3ccc4c(N(c5cccc(C)c5)c5cccc(C6(c7ccccc7)c7ccccc7-c7ccccc76)c5)ccc5ccc2c3c54)c1. The number of hydrogen-bond donors (Lipinski definition) is 0. The van der Waals surface area contributed by atoms with E-state index in [4.69, 9.17) is 0 Å². The number of benzene rings is 11. The molecule has 0 bridgehead atoms. The molecule has 0 atom stereocenters. The van der Waals surface area contributed by atoms with E-state index in [2.05, 4.69) is 255 Å². The molecule has 0 amide bonds. The highest BCUT2D eigenvalue weighted by Crippen LogP contribution is 2.57. The molecule has 0 radical (unpaired) electrons. The van der Waals surface area contributed by atoms with Crippen LogP contribution in [-0.4, -0.2) is 0 Å². The molecule has 0 N–H and O–H groups in total. The van der Waals surface area contributed by atoms with E-state index in [0.717, 1.165) is 34.1 Å². The summed E-state index contributed by atoms with van der Waals surface area (Å²) in [6.45, 7) is 6.54. The van der Waals surface area contributed by atoms with Crippen molar-refractivity contribution in [1.82, 2.24) is 0 Å². The van der Waals surface area contributed by atoms with Gasteiger partial charge in [-0.05, 0) is 153 Å². The topological polar surface area (TPSA) is 6.48 Å². The Bertz CT molecular complexity index is 3470. The highest BCUT2D eigenvalue weighted by atomic mass is 15.1. The van der Waals surface area contributed by atoms with Crippen molar-refractivity contribution in [2.45, 2.75) is 26.2 Å². The zero-order valence-electron chi connectivity index (χ0n) is 36.3. The Hall–Kier alpha value is -7.94. The summed E-state index contributed by atoms with van der Waals surface area (Å²) in [5.74, 6) is 0. The molecule has 0 heterocycles. The summed E-state index contributed by atoms with van der Waals surface area (Å²) in [6.07, 6.45) is 0. The minimum absolute atomic E-state index is 0.512. The Labute approximate surface area is 375 Å². The third-order valence-corrected chi connectivity index (χ3v) is 13.6. The van der Waals surface area contributed by atoms with Crippen molar-refractivity contribution in [3.05, 3.63) is 263 Å². The first-order valence-electron chi connectivity index (χ1n) is 22.3. The van der Waals surface area contributed by atoms with Crippen molar-refractivity contribution >= 4 is 66.4 Å². The average molecular weight is 819 g/mol. The van der Waals surface area contributed by atoms with Crippen LogP contribution in [0.4, 0.5) is 34.1 Å². The van der Waals surface area contributed by atoms with Gasteiger partial charge in [0, 0.05) is 33.5 Å². The maximum absolute atomic E-state index is 2.49. The van der Waals surface area contributed by atoms with Crippen molar-refractivity contribution < 1.29 is 0 Å². The fourth-order valence-electron chi connectivity index (χ4n) is 10.9. The Morgan fingerprint density at radius 2 is 0.703 bits per heavy atom. The van der Waals surface area contributed by atoms with Gasteiger partial charge in [-0.25, -0.2) is 0 Å². The molecule has 0 spiro atoms. The number of hydrogen-bond acceptors (Lipinski definition) is 2. The second-order valence-corrected chi connectivity index (χ2v) is 17.5. The van der Waals surface area contributed by atoms with E-state index in [-0.39, 0.29) is 0 Å². The van der Waals surface area contributed by atoms with Gasteiger partial charge in [-0.3, -0.25) is 0 Å². The van der Waals surface area contributed by atoms with Crippen LogP contribution in [0.1, 0.15) is 38.9 Å². The molecule has 0 fully saturated rings. The zero-order valence-corrected chi connectivity index (χ0v) is 36.3. The number of rotatable bonds is 8. The summed E-state index contributed by atoms with van der Waals surface area (Å²) in [6, 6.07) is 83.7. The molecule has 0 aliphatic heterocycles. The van der Waals surface area contributed by atoms with Crippen molar-refractivity contribution in [3.8, 4) is 11.1 Å². The molecule has 2 heteroatoms.